The number of nitrogens with one attached hydrogen (secondary N) is 1. The Morgan fingerprint density at radius 3 is 2.65 bits per heavy atom. The van der Waals surface area contributed by atoms with Crippen LogP contribution in [0.2, 0.25) is 0 Å². The smallest absolute Gasteiger partial charge is 0.251 e. The summed E-state index contributed by atoms with van der Waals surface area (Å²) in [4.78, 5) is 18.5. The summed E-state index contributed by atoms with van der Waals surface area (Å²) in [6, 6.07) is 7.40. The summed E-state index contributed by atoms with van der Waals surface area (Å²) >= 11 is 0. The summed E-state index contributed by atoms with van der Waals surface area (Å²) in [7, 11) is 0. The first-order valence-electron chi connectivity index (χ1n) is 5.55. The minimum absolute atomic E-state index is 0.178. The van der Waals surface area contributed by atoms with E-state index in [-0.39, 0.29) is 11.4 Å². The van der Waals surface area contributed by atoms with Crippen LogP contribution in [0.15, 0.2) is 35.1 Å². The molecule has 1 N–H and O–H groups in total. The first-order valence-corrected chi connectivity index (χ1v) is 5.55. The molecule has 17 heavy (non-hydrogen) atoms. The largest absolute Gasteiger partial charge is 0.307 e. The minimum atomic E-state index is -0.305. The molecule has 0 aliphatic rings. The maximum Gasteiger partial charge on any atom is 0.251 e. The van der Waals surface area contributed by atoms with E-state index < -0.39 is 0 Å². The van der Waals surface area contributed by atoms with Gasteiger partial charge >= 0.3 is 0 Å². The van der Waals surface area contributed by atoms with Gasteiger partial charge in [-0.05, 0) is 30.7 Å². The van der Waals surface area contributed by atoms with Crippen molar-refractivity contribution in [2.24, 2.45) is 0 Å². The number of nitrogens with zero attached hydrogens (tertiary/aromatic N) is 1. The van der Waals surface area contributed by atoms with Crippen LogP contribution < -0.4 is 5.56 Å². The second-order valence-electron chi connectivity index (χ2n) is 3.84. The number of hydrogen-bond acceptors (Lipinski definition) is 2. The van der Waals surface area contributed by atoms with Gasteiger partial charge in [-0.25, -0.2) is 9.37 Å². The zero-order chi connectivity index (χ0) is 12.3. The molecular weight excluding hydrogens is 219 g/mol. The average Bonchev–Trinajstić information content (AvgIpc) is 2.29. The Balaban J connectivity index is 2.44. The first kappa shape index (κ1) is 11.5. The lowest BCUT2D eigenvalue weighted by Crippen LogP contribution is -2.10. The van der Waals surface area contributed by atoms with E-state index in [9.17, 15) is 9.18 Å². The number of aromatic nitrogens is 2. The van der Waals surface area contributed by atoms with Crippen molar-refractivity contribution in [3.8, 4) is 11.4 Å². The van der Waals surface area contributed by atoms with E-state index in [4.69, 9.17) is 0 Å². The van der Waals surface area contributed by atoms with Crippen molar-refractivity contribution in [2.45, 2.75) is 19.8 Å². The lowest BCUT2D eigenvalue weighted by Gasteiger charge is -2.03. The summed E-state index contributed by atoms with van der Waals surface area (Å²) < 4.78 is 12.8. The van der Waals surface area contributed by atoms with Gasteiger partial charge < -0.3 is 4.98 Å². The number of aryl methyl sites for hydroxylation is 1. The van der Waals surface area contributed by atoms with E-state index >= 15 is 0 Å². The first-order chi connectivity index (χ1) is 8.19. The Morgan fingerprint density at radius 1 is 1.29 bits per heavy atom. The molecule has 0 radical (unpaired) electrons. The molecule has 0 bridgehead atoms. The fourth-order valence-electron chi connectivity index (χ4n) is 1.64. The van der Waals surface area contributed by atoms with Gasteiger partial charge in [0.1, 0.15) is 11.6 Å². The summed E-state index contributed by atoms with van der Waals surface area (Å²) in [6.45, 7) is 2.03. The van der Waals surface area contributed by atoms with Crippen molar-refractivity contribution >= 4 is 0 Å². The summed E-state index contributed by atoms with van der Waals surface area (Å²) in [5.41, 5.74) is 1.29. The van der Waals surface area contributed by atoms with Gasteiger partial charge in [0.15, 0.2) is 0 Å². The monoisotopic (exact) mass is 232 g/mol. The topological polar surface area (TPSA) is 45.8 Å². The highest BCUT2D eigenvalue weighted by Crippen LogP contribution is 2.14. The highest BCUT2D eigenvalue weighted by molar-refractivity contribution is 5.54. The van der Waals surface area contributed by atoms with E-state index in [0.717, 1.165) is 18.5 Å². The Bertz CT molecular complexity index is 560. The van der Waals surface area contributed by atoms with E-state index in [0.29, 0.717) is 11.4 Å². The Labute approximate surface area is 98.3 Å². The molecule has 0 amide bonds. The molecule has 0 fully saturated rings. The van der Waals surface area contributed by atoms with Crippen LogP contribution in [0.5, 0.6) is 0 Å². The average molecular weight is 232 g/mol. The standard InChI is InChI=1S/C13H13FN2O/c1-2-3-11-8-12(17)16-13(15-11)9-4-6-10(14)7-5-9/h4-8H,2-3H2,1H3,(H,15,16,17). The normalized spacial score (nSPS) is 10.5. The van der Waals surface area contributed by atoms with Gasteiger partial charge in [0.25, 0.3) is 5.56 Å². The molecule has 2 aromatic rings. The predicted molar refractivity (Wildman–Crippen MR) is 64.2 cm³/mol. The third kappa shape index (κ3) is 2.78. The van der Waals surface area contributed by atoms with E-state index in [1.807, 2.05) is 6.92 Å². The van der Waals surface area contributed by atoms with Gasteiger partial charge in [0.2, 0.25) is 0 Å². The molecule has 0 aliphatic carbocycles. The zero-order valence-corrected chi connectivity index (χ0v) is 9.53. The van der Waals surface area contributed by atoms with Crippen LogP contribution in [-0.4, -0.2) is 9.97 Å². The molecule has 0 saturated carbocycles. The molecule has 0 spiro atoms. The van der Waals surface area contributed by atoms with Gasteiger partial charge in [-0.3, -0.25) is 4.79 Å². The zero-order valence-electron chi connectivity index (χ0n) is 9.53. The molecule has 0 unspecified atom stereocenters. The molecule has 0 atom stereocenters. The van der Waals surface area contributed by atoms with Crippen molar-refractivity contribution in [3.63, 3.8) is 0 Å². The van der Waals surface area contributed by atoms with Crippen LogP contribution in [0.25, 0.3) is 11.4 Å². The van der Waals surface area contributed by atoms with Gasteiger partial charge in [0.05, 0.1) is 0 Å². The van der Waals surface area contributed by atoms with E-state index in [1.54, 1.807) is 12.1 Å². The Hall–Kier alpha value is -1.97. The van der Waals surface area contributed by atoms with Crippen LogP contribution in [0.1, 0.15) is 19.0 Å². The van der Waals surface area contributed by atoms with Gasteiger partial charge in [-0.15, -0.1) is 0 Å². The van der Waals surface area contributed by atoms with Gasteiger partial charge in [-0.1, -0.05) is 13.3 Å². The van der Waals surface area contributed by atoms with Crippen molar-refractivity contribution in [2.75, 3.05) is 0 Å². The number of halogens is 1. The summed E-state index contributed by atoms with van der Waals surface area (Å²) in [5, 5.41) is 0. The SMILES string of the molecule is CCCc1cc(=O)[nH]c(-c2ccc(F)cc2)n1. The van der Waals surface area contributed by atoms with Crippen molar-refractivity contribution in [1.29, 1.82) is 0 Å². The third-order valence-corrected chi connectivity index (χ3v) is 2.42. The molecule has 1 heterocycles. The molecule has 1 aromatic heterocycles. The quantitative estimate of drug-likeness (QED) is 0.883. The number of rotatable bonds is 3. The van der Waals surface area contributed by atoms with Crippen LogP contribution in [0.4, 0.5) is 4.39 Å². The van der Waals surface area contributed by atoms with Crippen molar-refractivity contribution in [3.05, 3.63) is 52.2 Å². The fraction of sp³-hybridized carbons (Fsp3) is 0.231. The van der Waals surface area contributed by atoms with Crippen LogP contribution in [0, 0.1) is 5.82 Å². The van der Waals surface area contributed by atoms with Gasteiger partial charge in [0, 0.05) is 17.3 Å². The molecule has 88 valence electrons. The maximum atomic E-state index is 12.8. The molecule has 1 aromatic carbocycles. The lowest BCUT2D eigenvalue weighted by atomic mass is 10.2. The Kier molecular flexibility index (Phi) is 3.32. The molecule has 3 nitrogen and oxygen atoms in total. The minimum Gasteiger partial charge on any atom is -0.307 e. The van der Waals surface area contributed by atoms with E-state index in [1.165, 1.54) is 18.2 Å². The van der Waals surface area contributed by atoms with Crippen molar-refractivity contribution < 1.29 is 4.39 Å². The summed E-state index contributed by atoms with van der Waals surface area (Å²) in [6.07, 6.45) is 1.69. The van der Waals surface area contributed by atoms with Crippen LogP contribution in [0.3, 0.4) is 0 Å². The highest BCUT2D eigenvalue weighted by atomic mass is 19.1. The van der Waals surface area contributed by atoms with E-state index in [2.05, 4.69) is 9.97 Å². The maximum absolute atomic E-state index is 12.8. The summed E-state index contributed by atoms with van der Waals surface area (Å²) in [5.74, 6) is 0.182. The third-order valence-electron chi connectivity index (χ3n) is 2.42. The molecule has 4 heteroatoms. The van der Waals surface area contributed by atoms with Crippen LogP contribution in [-0.2, 0) is 6.42 Å². The number of aromatic amines is 1. The number of hydrogen-bond donors (Lipinski definition) is 1. The number of H-pyrrole nitrogens is 1. The molecule has 0 saturated heterocycles. The Morgan fingerprint density at radius 2 is 2.00 bits per heavy atom. The lowest BCUT2D eigenvalue weighted by molar-refractivity contribution is 0.628. The highest BCUT2D eigenvalue weighted by Gasteiger charge is 2.03. The van der Waals surface area contributed by atoms with Crippen LogP contribution >= 0.6 is 0 Å². The molecule has 2 rings (SSSR count). The van der Waals surface area contributed by atoms with Gasteiger partial charge in [-0.2, -0.15) is 0 Å². The number of benzene rings is 1. The second kappa shape index (κ2) is 4.91. The molecular formula is C13H13FN2O. The fourth-order valence-corrected chi connectivity index (χ4v) is 1.64. The molecule has 0 aliphatic heterocycles. The van der Waals surface area contributed by atoms with Crippen molar-refractivity contribution in [1.82, 2.24) is 9.97 Å². The second-order valence-corrected chi connectivity index (χ2v) is 3.84. The predicted octanol–water partition coefficient (Wildman–Crippen LogP) is 2.53.